The molecule has 3 N–H and O–H groups in total. The predicted molar refractivity (Wildman–Crippen MR) is 92.5 cm³/mol. The zero-order valence-corrected chi connectivity index (χ0v) is 13.6. The van der Waals surface area contributed by atoms with Crippen LogP contribution in [-0.2, 0) is 9.59 Å². The first-order chi connectivity index (χ1) is 12.0. The molecule has 3 rings (SSSR count). The summed E-state index contributed by atoms with van der Waals surface area (Å²) in [6.45, 7) is 1.57. The van der Waals surface area contributed by atoms with Crippen molar-refractivity contribution >= 4 is 29.1 Å². The summed E-state index contributed by atoms with van der Waals surface area (Å²) < 4.78 is 5.73. The summed E-state index contributed by atoms with van der Waals surface area (Å²) in [5.74, 6) is -0.609. The molecule has 1 aliphatic heterocycles. The van der Waals surface area contributed by atoms with Gasteiger partial charge in [0.05, 0.1) is 12.2 Å². The fourth-order valence-electron chi connectivity index (χ4n) is 2.61. The Morgan fingerprint density at radius 1 is 1.12 bits per heavy atom. The van der Waals surface area contributed by atoms with Crippen LogP contribution in [0.15, 0.2) is 48.5 Å². The van der Waals surface area contributed by atoms with Crippen molar-refractivity contribution in [3.05, 3.63) is 54.1 Å². The number of nitrogens with zero attached hydrogens (tertiary/aromatic N) is 1. The summed E-state index contributed by atoms with van der Waals surface area (Å²) in [6.07, 6.45) is -0.838. The van der Waals surface area contributed by atoms with Crippen LogP contribution in [0.3, 0.4) is 0 Å². The number of hydrogen-bond acceptors (Lipinski definition) is 4. The minimum absolute atomic E-state index is 0.123. The van der Waals surface area contributed by atoms with Crippen LogP contribution in [0, 0.1) is 0 Å². The highest BCUT2D eigenvalue weighted by Gasteiger charge is 2.32. The smallest absolute Gasteiger partial charge is 0.267 e. The fourth-order valence-corrected chi connectivity index (χ4v) is 2.61. The Hall–Kier alpha value is -3.35. The average molecular weight is 339 g/mol. The lowest BCUT2D eigenvalue weighted by Crippen LogP contribution is -2.48. The highest BCUT2D eigenvalue weighted by atomic mass is 16.5. The van der Waals surface area contributed by atoms with Crippen molar-refractivity contribution in [3.8, 4) is 5.75 Å². The van der Waals surface area contributed by atoms with Crippen molar-refractivity contribution < 1.29 is 19.1 Å². The number of primary amides is 1. The maximum Gasteiger partial charge on any atom is 0.267 e. The van der Waals surface area contributed by atoms with Crippen LogP contribution >= 0.6 is 0 Å². The number of carbonyl (C=O) groups is 3. The molecule has 1 aliphatic rings. The lowest BCUT2D eigenvalue weighted by molar-refractivity contribution is -0.123. The normalized spacial score (nSPS) is 15.7. The molecule has 1 atom stereocenters. The van der Waals surface area contributed by atoms with Gasteiger partial charge in [0.15, 0.2) is 6.10 Å². The van der Waals surface area contributed by atoms with Gasteiger partial charge in [-0.05, 0) is 36.4 Å². The summed E-state index contributed by atoms with van der Waals surface area (Å²) in [7, 11) is 0. The minimum Gasteiger partial charge on any atom is -0.476 e. The molecule has 0 radical (unpaired) electrons. The first-order valence-electron chi connectivity index (χ1n) is 7.70. The second-order valence-corrected chi connectivity index (χ2v) is 5.63. The van der Waals surface area contributed by atoms with Crippen molar-refractivity contribution in [1.29, 1.82) is 0 Å². The van der Waals surface area contributed by atoms with Crippen LogP contribution in [0.4, 0.5) is 11.4 Å². The number of amides is 3. The molecule has 0 unspecified atom stereocenters. The first-order valence-corrected chi connectivity index (χ1v) is 7.70. The van der Waals surface area contributed by atoms with Crippen molar-refractivity contribution in [2.75, 3.05) is 16.8 Å². The van der Waals surface area contributed by atoms with Crippen molar-refractivity contribution in [2.45, 2.75) is 13.0 Å². The van der Waals surface area contributed by atoms with Crippen molar-refractivity contribution in [2.24, 2.45) is 5.73 Å². The molecule has 0 aromatic heterocycles. The van der Waals surface area contributed by atoms with Gasteiger partial charge in [0, 0.05) is 18.2 Å². The number of carbonyl (C=O) groups excluding carboxylic acids is 3. The van der Waals surface area contributed by atoms with Crippen LogP contribution in [0.1, 0.15) is 17.3 Å². The Kier molecular flexibility index (Phi) is 4.38. The van der Waals surface area contributed by atoms with Gasteiger partial charge in [-0.15, -0.1) is 0 Å². The Morgan fingerprint density at radius 3 is 2.44 bits per heavy atom. The second kappa shape index (κ2) is 6.64. The van der Waals surface area contributed by atoms with Gasteiger partial charge in [0.25, 0.3) is 5.91 Å². The number of benzene rings is 2. The van der Waals surface area contributed by atoms with Gasteiger partial charge in [0.1, 0.15) is 5.75 Å². The molecule has 2 aromatic carbocycles. The molecular formula is C18H17N3O4. The number of nitrogens with one attached hydrogen (secondary N) is 1. The summed E-state index contributed by atoms with van der Waals surface area (Å²) in [5, 5.41) is 2.71. The van der Waals surface area contributed by atoms with E-state index in [0.29, 0.717) is 22.7 Å². The molecule has 3 amide bonds. The van der Waals surface area contributed by atoms with Gasteiger partial charge < -0.3 is 20.7 Å². The largest absolute Gasteiger partial charge is 0.476 e. The second-order valence-electron chi connectivity index (χ2n) is 5.63. The van der Waals surface area contributed by atoms with E-state index in [1.165, 1.54) is 24.0 Å². The number of anilines is 2. The highest BCUT2D eigenvalue weighted by Crippen LogP contribution is 2.33. The SMILES string of the molecule is CC(=O)N1C[C@H](C(=O)Nc2ccc(C(N)=O)cc2)Oc2ccccc21. The predicted octanol–water partition coefficient (Wildman–Crippen LogP) is 1.54. The third kappa shape index (κ3) is 3.45. The van der Waals surface area contributed by atoms with E-state index in [4.69, 9.17) is 10.5 Å². The Balaban J connectivity index is 1.76. The number of rotatable bonds is 3. The van der Waals surface area contributed by atoms with Gasteiger partial charge in [-0.2, -0.15) is 0 Å². The lowest BCUT2D eigenvalue weighted by Gasteiger charge is -2.33. The van der Waals surface area contributed by atoms with E-state index in [-0.39, 0.29) is 18.4 Å². The molecule has 0 saturated carbocycles. The quantitative estimate of drug-likeness (QED) is 0.885. The Bertz CT molecular complexity index is 832. The van der Waals surface area contributed by atoms with Gasteiger partial charge >= 0.3 is 0 Å². The first kappa shape index (κ1) is 16.5. The molecule has 2 aromatic rings. The summed E-state index contributed by atoms with van der Waals surface area (Å²) in [5.41, 5.74) is 6.69. The van der Waals surface area contributed by atoms with E-state index in [2.05, 4.69) is 5.32 Å². The molecule has 25 heavy (non-hydrogen) atoms. The molecule has 0 spiro atoms. The van der Waals surface area contributed by atoms with Crippen LogP contribution in [0.5, 0.6) is 5.75 Å². The summed E-state index contributed by atoms with van der Waals surface area (Å²) in [4.78, 5) is 37.0. The van der Waals surface area contributed by atoms with Crippen LogP contribution in [0.2, 0.25) is 0 Å². The maximum atomic E-state index is 12.5. The minimum atomic E-state index is -0.838. The van der Waals surface area contributed by atoms with Crippen LogP contribution < -0.4 is 20.7 Å². The van der Waals surface area contributed by atoms with E-state index in [1.807, 2.05) is 0 Å². The monoisotopic (exact) mass is 339 g/mol. The number of para-hydroxylation sites is 2. The summed E-state index contributed by atoms with van der Waals surface area (Å²) in [6, 6.07) is 13.3. The number of nitrogens with two attached hydrogens (primary N) is 1. The van der Waals surface area contributed by atoms with Gasteiger partial charge in [0.2, 0.25) is 11.8 Å². The Labute approximate surface area is 144 Å². The van der Waals surface area contributed by atoms with E-state index in [9.17, 15) is 14.4 Å². The number of fused-ring (bicyclic) bond motifs is 1. The number of hydrogen-bond donors (Lipinski definition) is 2. The molecule has 0 aliphatic carbocycles. The van der Waals surface area contributed by atoms with E-state index in [1.54, 1.807) is 36.4 Å². The molecule has 0 bridgehead atoms. The van der Waals surface area contributed by atoms with Crippen LogP contribution in [-0.4, -0.2) is 30.4 Å². The van der Waals surface area contributed by atoms with Gasteiger partial charge in [-0.3, -0.25) is 14.4 Å². The third-order valence-corrected chi connectivity index (χ3v) is 3.88. The molecule has 0 fully saturated rings. The molecule has 7 heteroatoms. The fraction of sp³-hybridized carbons (Fsp3) is 0.167. The van der Waals surface area contributed by atoms with E-state index < -0.39 is 12.0 Å². The average Bonchev–Trinajstić information content (AvgIpc) is 2.61. The Morgan fingerprint density at radius 2 is 1.80 bits per heavy atom. The molecular weight excluding hydrogens is 322 g/mol. The number of ether oxygens (including phenoxy) is 1. The lowest BCUT2D eigenvalue weighted by atomic mass is 10.1. The topological polar surface area (TPSA) is 102 Å². The molecule has 1 heterocycles. The maximum absolute atomic E-state index is 12.5. The highest BCUT2D eigenvalue weighted by molar-refractivity contribution is 6.00. The van der Waals surface area contributed by atoms with Gasteiger partial charge in [-0.1, -0.05) is 12.1 Å². The van der Waals surface area contributed by atoms with E-state index >= 15 is 0 Å². The molecule has 128 valence electrons. The standard InChI is InChI=1S/C18H17N3O4/c1-11(22)21-10-16(25-15-5-3-2-4-14(15)21)18(24)20-13-8-6-12(7-9-13)17(19)23/h2-9,16H,10H2,1H3,(H2,19,23)(H,20,24)/t16-/m1/s1. The summed E-state index contributed by atoms with van der Waals surface area (Å²) >= 11 is 0. The zero-order chi connectivity index (χ0) is 18.0. The van der Waals surface area contributed by atoms with Crippen molar-refractivity contribution in [1.82, 2.24) is 0 Å². The van der Waals surface area contributed by atoms with Crippen molar-refractivity contribution in [3.63, 3.8) is 0 Å². The van der Waals surface area contributed by atoms with Crippen LogP contribution in [0.25, 0.3) is 0 Å². The zero-order valence-electron chi connectivity index (χ0n) is 13.6. The van der Waals surface area contributed by atoms with Gasteiger partial charge in [-0.25, -0.2) is 0 Å². The third-order valence-electron chi connectivity index (χ3n) is 3.88. The molecule has 0 saturated heterocycles. The molecule has 7 nitrogen and oxygen atoms in total. The van der Waals surface area contributed by atoms with E-state index in [0.717, 1.165) is 0 Å².